The van der Waals surface area contributed by atoms with Gasteiger partial charge in [0.25, 0.3) is 5.91 Å². The first kappa shape index (κ1) is 22.4. The van der Waals surface area contributed by atoms with Crippen molar-refractivity contribution in [1.29, 1.82) is 0 Å². The lowest BCUT2D eigenvalue weighted by atomic mass is 10.0. The van der Waals surface area contributed by atoms with Crippen molar-refractivity contribution in [3.8, 4) is 5.75 Å². The van der Waals surface area contributed by atoms with Gasteiger partial charge in [-0.15, -0.1) is 0 Å². The first-order valence-electron chi connectivity index (χ1n) is 9.81. The maximum Gasteiger partial charge on any atom is 0.326 e. The maximum absolute atomic E-state index is 12.6. The van der Waals surface area contributed by atoms with Gasteiger partial charge < -0.3 is 15.2 Å². The van der Waals surface area contributed by atoms with E-state index in [-0.39, 0.29) is 24.7 Å². The Labute approximate surface area is 170 Å². The lowest BCUT2D eigenvalue weighted by Crippen LogP contribution is -2.51. The number of aliphatic carboxylic acids is 1. The van der Waals surface area contributed by atoms with Gasteiger partial charge in [0.1, 0.15) is 18.3 Å². The van der Waals surface area contributed by atoms with E-state index in [0.717, 1.165) is 0 Å². The fourth-order valence-electron chi connectivity index (χ4n) is 3.19. The zero-order valence-electron chi connectivity index (χ0n) is 17.2. The van der Waals surface area contributed by atoms with E-state index < -0.39 is 29.9 Å². The summed E-state index contributed by atoms with van der Waals surface area (Å²) < 4.78 is 5.59. The van der Waals surface area contributed by atoms with Gasteiger partial charge in [-0.1, -0.05) is 20.8 Å². The lowest BCUT2D eigenvalue weighted by molar-refractivity contribution is -0.142. The van der Waals surface area contributed by atoms with Crippen LogP contribution in [0.1, 0.15) is 57.3 Å². The van der Waals surface area contributed by atoms with Crippen LogP contribution in [0.2, 0.25) is 0 Å². The number of anilines is 1. The standard InChI is InChI=1S/C21H28N2O6/c1-5-6-17(24)14-7-8-18-16(10-14)23(20(26)13(4)29-18)11-19(25)22-15(21(27)28)9-12(2)3/h7-8,10,12-13,15H,5-6,9,11H2,1-4H3,(H,22,25)(H,27,28). The number of benzene rings is 1. The molecule has 2 N–H and O–H groups in total. The number of hydrogen-bond donors (Lipinski definition) is 2. The molecular formula is C21H28N2O6. The minimum Gasteiger partial charge on any atom is -0.480 e. The van der Waals surface area contributed by atoms with Crippen LogP contribution in [0.3, 0.4) is 0 Å². The summed E-state index contributed by atoms with van der Waals surface area (Å²) in [6.45, 7) is 6.84. The van der Waals surface area contributed by atoms with Crippen molar-refractivity contribution in [1.82, 2.24) is 5.32 Å². The molecule has 1 heterocycles. The Morgan fingerprint density at radius 1 is 1.28 bits per heavy atom. The van der Waals surface area contributed by atoms with Crippen molar-refractivity contribution in [2.24, 2.45) is 5.92 Å². The van der Waals surface area contributed by atoms with Crippen molar-refractivity contribution in [2.45, 2.75) is 59.1 Å². The minimum absolute atomic E-state index is 0.0614. The summed E-state index contributed by atoms with van der Waals surface area (Å²) >= 11 is 0. The summed E-state index contributed by atoms with van der Waals surface area (Å²) in [5.74, 6) is -1.72. The molecule has 0 saturated carbocycles. The molecule has 0 radical (unpaired) electrons. The minimum atomic E-state index is -1.12. The number of ketones is 1. The predicted molar refractivity (Wildman–Crippen MR) is 107 cm³/mol. The number of ether oxygens (including phenoxy) is 1. The number of amides is 2. The molecule has 158 valence electrons. The number of hydrogen-bond acceptors (Lipinski definition) is 5. The van der Waals surface area contributed by atoms with E-state index in [4.69, 9.17) is 4.74 Å². The first-order chi connectivity index (χ1) is 13.6. The molecular weight excluding hydrogens is 376 g/mol. The van der Waals surface area contributed by atoms with Crippen LogP contribution in [-0.2, 0) is 14.4 Å². The number of nitrogens with one attached hydrogen (secondary N) is 1. The highest BCUT2D eigenvalue weighted by atomic mass is 16.5. The molecule has 0 bridgehead atoms. The van der Waals surface area contributed by atoms with Crippen LogP contribution in [0.15, 0.2) is 18.2 Å². The van der Waals surface area contributed by atoms with Crippen LogP contribution in [0.4, 0.5) is 5.69 Å². The molecule has 1 aliphatic rings. The maximum atomic E-state index is 12.6. The number of Topliss-reactive ketones (excluding diaryl/α,β-unsaturated/α-hetero) is 1. The highest BCUT2D eigenvalue weighted by Crippen LogP contribution is 2.35. The molecule has 29 heavy (non-hydrogen) atoms. The van der Waals surface area contributed by atoms with Crippen molar-refractivity contribution in [3.05, 3.63) is 23.8 Å². The quantitative estimate of drug-likeness (QED) is 0.611. The van der Waals surface area contributed by atoms with Gasteiger partial charge in [-0.25, -0.2) is 4.79 Å². The summed E-state index contributed by atoms with van der Waals surface area (Å²) in [6.07, 6.45) is 0.556. The van der Waals surface area contributed by atoms with Crippen molar-refractivity contribution in [3.63, 3.8) is 0 Å². The molecule has 2 unspecified atom stereocenters. The number of carboxylic acid groups (broad SMARTS) is 1. The third-order valence-electron chi connectivity index (χ3n) is 4.61. The average Bonchev–Trinajstić information content (AvgIpc) is 2.64. The van der Waals surface area contributed by atoms with Crippen molar-refractivity contribution in [2.75, 3.05) is 11.4 Å². The van der Waals surface area contributed by atoms with Gasteiger partial charge in [0, 0.05) is 12.0 Å². The molecule has 0 spiro atoms. The first-order valence-corrected chi connectivity index (χ1v) is 9.81. The summed E-state index contributed by atoms with van der Waals surface area (Å²) in [4.78, 5) is 50.1. The Kier molecular flexibility index (Phi) is 7.36. The van der Waals surface area contributed by atoms with E-state index in [1.54, 1.807) is 25.1 Å². The highest BCUT2D eigenvalue weighted by Gasteiger charge is 2.34. The number of rotatable bonds is 9. The lowest BCUT2D eigenvalue weighted by Gasteiger charge is -2.33. The van der Waals surface area contributed by atoms with Crippen LogP contribution < -0.4 is 15.0 Å². The average molecular weight is 404 g/mol. The van der Waals surface area contributed by atoms with E-state index in [2.05, 4.69) is 5.32 Å². The summed E-state index contributed by atoms with van der Waals surface area (Å²) in [7, 11) is 0. The number of carbonyl (C=O) groups excluding carboxylic acids is 3. The van der Waals surface area contributed by atoms with Crippen LogP contribution in [0.25, 0.3) is 0 Å². The molecule has 0 aromatic heterocycles. The summed E-state index contributed by atoms with van der Waals surface area (Å²) in [6, 6.07) is 3.77. The molecule has 0 fully saturated rings. The number of carbonyl (C=O) groups is 4. The normalized spacial score (nSPS) is 16.8. The SMILES string of the molecule is CCCC(=O)c1ccc2c(c1)N(CC(=O)NC(CC(C)C)C(=O)O)C(=O)C(C)O2. The van der Waals surface area contributed by atoms with Gasteiger partial charge in [-0.05, 0) is 43.9 Å². The van der Waals surface area contributed by atoms with E-state index in [9.17, 15) is 24.3 Å². The zero-order chi connectivity index (χ0) is 21.7. The Hall–Kier alpha value is -2.90. The molecule has 0 saturated heterocycles. The molecule has 8 nitrogen and oxygen atoms in total. The number of nitrogens with zero attached hydrogens (tertiary/aromatic N) is 1. The van der Waals surface area contributed by atoms with E-state index in [1.807, 2.05) is 20.8 Å². The van der Waals surface area contributed by atoms with Gasteiger partial charge in [-0.3, -0.25) is 19.3 Å². The van der Waals surface area contributed by atoms with Crippen LogP contribution in [0, 0.1) is 5.92 Å². The predicted octanol–water partition coefficient (Wildman–Crippen LogP) is 2.40. The Morgan fingerprint density at radius 3 is 2.55 bits per heavy atom. The van der Waals surface area contributed by atoms with Gasteiger partial charge in [0.15, 0.2) is 11.9 Å². The van der Waals surface area contributed by atoms with Crippen molar-refractivity contribution < 1.29 is 29.0 Å². The van der Waals surface area contributed by atoms with E-state index in [1.165, 1.54) is 4.90 Å². The molecule has 1 aliphatic heterocycles. The van der Waals surface area contributed by atoms with Crippen molar-refractivity contribution >= 4 is 29.3 Å². The second-order valence-corrected chi connectivity index (χ2v) is 7.63. The molecule has 8 heteroatoms. The summed E-state index contributed by atoms with van der Waals surface area (Å²) in [5.41, 5.74) is 0.770. The zero-order valence-corrected chi connectivity index (χ0v) is 17.2. The molecule has 1 aromatic rings. The summed E-state index contributed by atoms with van der Waals surface area (Å²) in [5, 5.41) is 11.8. The topological polar surface area (TPSA) is 113 Å². The van der Waals surface area contributed by atoms with Gasteiger partial charge in [0.2, 0.25) is 5.91 Å². The molecule has 1 aromatic carbocycles. The fourth-order valence-corrected chi connectivity index (χ4v) is 3.19. The Morgan fingerprint density at radius 2 is 1.97 bits per heavy atom. The smallest absolute Gasteiger partial charge is 0.326 e. The number of fused-ring (bicyclic) bond motifs is 1. The van der Waals surface area contributed by atoms with Crippen LogP contribution in [-0.4, -0.2) is 47.4 Å². The van der Waals surface area contributed by atoms with Gasteiger partial charge >= 0.3 is 5.97 Å². The molecule has 0 aliphatic carbocycles. The molecule has 2 rings (SSSR count). The van der Waals surface area contributed by atoms with Gasteiger partial charge in [0.05, 0.1) is 5.69 Å². The third-order valence-corrected chi connectivity index (χ3v) is 4.61. The van der Waals surface area contributed by atoms with Gasteiger partial charge in [-0.2, -0.15) is 0 Å². The highest BCUT2D eigenvalue weighted by molar-refractivity contribution is 6.05. The Bertz CT molecular complexity index is 804. The molecule has 2 atom stereocenters. The fraction of sp³-hybridized carbons (Fsp3) is 0.524. The molecule has 2 amide bonds. The van der Waals surface area contributed by atoms with E-state index >= 15 is 0 Å². The monoisotopic (exact) mass is 404 g/mol. The van der Waals surface area contributed by atoms with Crippen LogP contribution in [0.5, 0.6) is 5.75 Å². The largest absolute Gasteiger partial charge is 0.480 e. The number of carboxylic acids is 1. The van der Waals surface area contributed by atoms with E-state index in [0.29, 0.717) is 29.8 Å². The second kappa shape index (κ2) is 9.54. The second-order valence-electron chi connectivity index (χ2n) is 7.63. The third kappa shape index (κ3) is 5.56. The van der Waals surface area contributed by atoms with Crippen LogP contribution >= 0.6 is 0 Å². The Balaban J connectivity index is 2.26.